The number of carbonyl (C=O) groups excluding carboxylic acids is 1. The van der Waals surface area contributed by atoms with Crippen molar-refractivity contribution in [2.24, 2.45) is 17.8 Å². The molecule has 16 heavy (non-hydrogen) atoms. The van der Waals surface area contributed by atoms with E-state index in [-0.39, 0.29) is 0 Å². The molecule has 2 heteroatoms. The number of Topliss-reactive ketones (excluding diaryl/α,β-unsaturated/α-hetero) is 1. The van der Waals surface area contributed by atoms with Crippen molar-refractivity contribution in [3.05, 3.63) is 0 Å². The molecule has 0 spiro atoms. The lowest BCUT2D eigenvalue weighted by atomic mass is 9.98. The second-order valence-corrected chi connectivity index (χ2v) is 5.96. The maximum Gasteiger partial charge on any atom is 0.137 e. The van der Waals surface area contributed by atoms with Gasteiger partial charge in [-0.05, 0) is 38.1 Å². The van der Waals surface area contributed by atoms with Gasteiger partial charge in [-0.15, -0.1) is 0 Å². The Morgan fingerprint density at radius 1 is 1.25 bits per heavy atom. The van der Waals surface area contributed by atoms with Crippen molar-refractivity contribution in [1.29, 1.82) is 0 Å². The molecule has 0 radical (unpaired) electrons. The zero-order valence-electron chi connectivity index (χ0n) is 10.7. The molecule has 2 rings (SSSR count). The number of hydrogen-bond donors (Lipinski definition) is 0. The standard InChI is InChI=1S/C14H25NO/c1-11-8-13(11)10-15(2)9-12-6-4-3-5-7-14(12)16/h11-13H,3-10H2,1-2H3. The van der Waals surface area contributed by atoms with E-state index in [4.69, 9.17) is 0 Å². The summed E-state index contributed by atoms with van der Waals surface area (Å²) in [5.74, 6) is 2.69. The van der Waals surface area contributed by atoms with Crippen LogP contribution in [-0.4, -0.2) is 30.8 Å². The van der Waals surface area contributed by atoms with Crippen molar-refractivity contribution in [3.8, 4) is 0 Å². The summed E-state index contributed by atoms with van der Waals surface area (Å²) >= 11 is 0. The summed E-state index contributed by atoms with van der Waals surface area (Å²) in [7, 11) is 2.18. The minimum Gasteiger partial charge on any atom is -0.305 e. The fraction of sp³-hybridized carbons (Fsp3) is 0.929. The van der Waals surface area contributed by atoms with E-state index in [1.807, 2.05) is 0 Å². The number of ketones is 1. The van der Waals surface area contributed by atoms with Gasteiger partial charge in [0.1, 0.15) is 5.78 Å². The lowest BCUT2D eigenvalue weighted by molar-refractivity contribution is -0.123. The molecule has 2 nitrogen and oxygen atoms in total. The van der Waals surface area contributed by atoms with Gasteiger partial charge in [-0.2, -0.15) is 0 Å². The third-order valence-electron chi connectivity index (χ3n) is 4.29. The van der Waals surface area contributed by atoms with Gasteiger partial charge in [0, 0.05) is 25.4 Å². The van der Waals surface area contributed by atoms with Crippen LogP contribution in [-0.2, 0) is 4.79 Å². The van der Waals surface area contributed by atoms with Crippen LogP contribution < -0.4 is 0 Å². The quantitative estimate of drug-likeness (QED) is 0.683. The fourth-order valence-corrected chi connectivity index (χ4v) is 2.93. The van der Waals surface area contributed by atoms with E-state index >= 15 is 0 Å². The SMILES string of the molecule is CC1CC1CN(C)CC1CCCCCC1=O. The Labute approximate surface area is 99.4 Å². The van der Waals surface area contributed by atoms with Crippen LogP contribution in [0.5, 0.6) is 0 Å². The van der Waals surface area contributed by atoms with Crippen molar-refractivity contribution < 1.29 is 4.79 Å². The third-order valence-corrected chi connectivity index (χ3v) is 4.29. The molecule has 2 aliphatic rings. The Morgan fingerprint density at radius 2 is 2.00 bits per heavy atom. The minimum absolute atomic E-state index is 0.335. The second-order valence-electron chi connectivity index (χ2n) is 5.96. The van der Waals surface area contributed by atoms with E-state index in [0.717, 1.165) is 37.6 Å². The Bertz CT molecular complexity index is 251. The number of nitrogens with zero attached hydrogens (tertiary/aromatic N) is 1. The van der Waals surface area contributed by atoms with Crippen molar-refractivity contribution in [1.82, 2.24) is 4.90 Å². The van der Waals surface area contributed by atoms with Crippen LogP contribution >= 0.6 is 0 Å². The summed E-state index contributed by atoms with van der Waals surface area (Å²) in [6.45, 7) is 4.53. The Morgan fingerprint density at radius 3 is 2.69 bits per heavy atom. The van der Waals surface area contributed by atoms with Gasteiger partial charge >= 0.3 is 0 Å². The van der Waals surface area contributed by atoms with E-state index in [1.165, 1.54) is 25.8 Å². The Kier molecular flexibility index (Phi) is 4.01. The summed E-state index contributed by atoms with van der Waals surface area (Å²) in [6, 6.07) is 0. The zero-order chi connectivity index (χ0) is 11.5. The van der Waals surface area contributed by atoms with Crippen LogP contribution in [0.2, 0.25) is 0 Å². The highest BCUT2D eigenvalue weighted by Gasteiger charge is 2.33. The maximum atomic E-state index is 11.9. The highest BCUT2D eigenvalue weighted by Crippen LogP contribution is 2.38. The van der Waals surface area contributed by atoms with Crippen LogP contribution in [0.4, 0.5) is 0 Å². The largest absolute Gasteiger partial charge is 0.305 e. The predicted octanol–water partition coefficient (Wildman–Crippen LogP) is 2.72. The summed E-state index contributed by atoms with van der Waals surface area (Å²) in [6.07, 6.45) is 6.99. The molecule has 0 N–H and O–H groups in total. The normalized spacial score (nSPS) is 35.2. The molecule has 2 saturated carbocycles. The van der Waals surface area contributed by atoms with Crippen molar-refractivity contribution in [2.45, 2.75) is 45.4 Å². The summed E-state index contributed by atoms with van der Waals surface area (Å²) in [4.78, 5) is 14.3. The van der Waals surface area contributed by atoms with E-state index < -0.39 is 0 Å². The molecule has 0 bridgehead atoms. The Balaban J connectivity index is 1.75. The van der Waals surface area contributed by atoms with Crippen molar-refractivity contribution in [3.63, 3.8) is 0 Å². The first-order valence-corrected chi connectivity index (χ1v) is 6.88. The van der Waals surface area contributed by atoms with Crippen molar-refractivity contribution >= 4 is 5.78 Å². The average Bonchev–Trinajstić information content (AvgIpc) is 2.94. The molecule has 92 valence electrons. The van der Waals surface area contributed by atoms with Gasteiger partial charge < -0.3 is 4.90 Å². The lowest BCUT2D eigenvalue weighted by Gasteiger charge is -2.22. The first kappa shape index (κ1) is 12.1. The van der Waals surface area contributed by atoms with Gasteiger partial charge in [-0.25, -0.2) is 0 Å². The van der Waals surface area contributed by atoms with Crippen LogP contribution in [0.1, 0.15) is 45.4 Å². The molecule has 3 unspecified atom stereocenters. The summed E-state index contributed by atoms with van der Waals surface area (Å²) < 4.78 is 0. The summed E-state index contributed by atoms with van der Waals surface area (Å²) in [5.41, 5.74) is 0. The molecule has 3 atom stereocenters. The molecular formula is C14H25NO. The predicted molar refractivity (Wildman–Crippen MR) is 66.4 cm³/mol. The monoisotopic (exact) mass is 223 g/mol. The molecule has 0 aliphatic heterocycles. The lowest BCUT2D eigenvalue weighted by Crippen LogP contribution is -2.31. The molecule has 2 fully saturated rings. The van der Waals surface area contributed by atoms with Gasteiger partial charge in [-0.1, -0.05) is 19.8 Å². The minimum atomic E-state index is 0.335. The first-order chi connectivity index (χ1) is 7.66. The highest BCUT2D eigenvalue weighted by atomic mass is 16.1. The second kappa shape index (κ2) is 5.31. The third kappa shape index (κ3) is 3.31. The average molecular weight is 223 g/mol. The van der Waals surface area contributed by atoms with Crippen LogP contribution in [0.25, 0.3) is 0 Å². The van der Waals surface area contributed by atoms with Gasteiger partial charge in [0.15, 0.2) is 0 Å². The van der Waals surface area contributed by atoms with E-state index in [0.29, 0.717) is 11.7 Å². The smallest absolute Gasteiger partial charge is 0.137 e. The molecule has 0 aromatic rings. The van der Waals surface area contributed by atoms with Crippen LogP contribution in [0.3, 0.4) is 0 Å². The van der Waals surface area contributed by atoms with Crippen LogP contribution in [0.15, 0.2) is 0 Å². The fourth-order valence-electron chi connectivity index (χ4n) is 2.93. The Hall–Kier alpha value is -0.370. The van der Waals surface area contributed by atoms with Crippen molar-refractivity contribution in [2.75, 3.05) is 20.1 Å². The first-order valence-electron chi connectivity index (χ1n) is 6.88. The van der Waals surface area contributed by atoms with E-state index in [2.05, 4.69) is 18.9 Å². The molecule has 0 saturated heterocycles. The van der Waals surface area contributed by atoms with Gasteiger partial charge in [-0.3, -0.25) is 4.79 Å². The number of rotatable bonds is 4. The molecule has 0 aromatic carbocycles. The molecular weight excluding hydrogens is 198 g/mol. The van der Waals surface area contributed by atoms with E-state index in [9.17, 15) is 4.79 Å². The van der Waals surface area contributed by atoms with Gasteiger partial charge in [0.25, 0.3) is 0 Å². The van der Waals surface area contributed by atoms with Crippen LogP contribution in [0, 0.1) is 17.8 Å². The molecule has 2 aliphatic carbocycles. The zero-order valence-corrected chi connectivity index (χ0v) is 10.7. The molecule has 0 amide bonds. The van der Waals surface area contributed by atoms with Gasteiger partial charge in [0.05, 0.1) is 0 Å². The summed E-state index contributed by atoms with van der Waals surface area (Å²) in [5, 5.41) is 0. The van der Waals surface area contributed by atoms with E-state index in [1.54, 1.807) is 0 Å². The molecule has 0 aromatic heterocycles. The number of hydrogen-bond acceptors (Lipinski definition) is 2. The maximum absolute atomic E-state index is 11.9. The number of carbonyl (C=O) groups is 1. The topological polar surface area (TPSA) is 20.3 Å². The van der Waals surface area contributed by atoms with Gasteiger partial charge in [0.2, 0.25) is 0 Å². The molecule has 0 heterocycles. The highest BCUT2D eigenvalue weighted by molar-refractivity contribution is 5.81.